The highest BCUT2D eigenvalue weighted by Gasteiger charge is 2.41. The van der Waals surface area contributed by atoms with E-state index in [-0.39, 0.29) is 10.8 Å². The van der Waals surface area contributed by atoms with E-state index in [1.807, 2.05) is 11.8 Å². The SMILES string of the molecule is [N-]=[N+]=NC[C@@H]1C[C@@H](SC(c2ccccc2)(c2ccccc2)c2ccccc2)CN1. The second kappa shape index (κ2) is 9.19. The predicted molar refractivity (Wildman–Crippen MR) is 121 cm³/mol. The van der Waals surface area contributed by atoms with Gasteiger partial charge >= 0.3 is 0 Å². The van der Waals surface area contributed by atoms with Crippen molar-refractivity contribution < 1.29 is 0 Å². The molecule has 146 valence electrons. The van der Waals surface area contributed by atoms with Crippen LogP contribution in [0.1, 0.15) is 23.1 Å². The van der Waals surface area contributed by atoms with Crippen LogP contribution in [0.5, 0.6) is 0 Å². The Morgan fingerprint density at radius 3 is 1.79 bits per heavy atom. The average Bonchev–Trinajstić information content (AvgIpc) is 3.25. The van der Waals surface area contributed by atoms with E-state index in [0.717, 1.165) is 13.0 Å². The van der Waals surface area contributed by atoms with Crippen LogP contribution in [-0.4, -0.2) is 24.4 Å². The molecule has 1 aliphatic rings. The lowest BCUT2D eigenvalue weighted by atomic mass is 9.84. The number of benzene rings is 3. The Morgan fingerprint density at radius 2 is 1.34 bits per heavy atom. The molecule has 0 amide bonds. The normalized spacial score (nSPS) is 18.9. The van der Waals surface area contributed by atoms with E-state index in [9.17, 15) is 0 Å². The molecule has 0 saturated carbocycles. The lowest BCUT2D eigenvalue weighted by Gasteiger charge is -2.37. The average molecular weight is 401 g/mol. The molecule has 0 radical (unpaired) electrons. The second-order valence-electron chi connectivity index (χ2n) is 7.27. The van der Waals surface area contributed by atoms with Gasteiger partial charge in [-0.2, -0.15) is 0 Å². The standard InChI is InChI=1S/C24H24N4S/c25-28-27-17-22-16-23(18-26-22)29-24(19-10-4-1-5-11-19,20-12-6-2-7-13-20)21-14-8-3-9-15-21/h1-15,22-23,26H,16-18H2/t22-,23+/m0/s1. The Morgan fingerprint density at radius 1 is 0.862 bits per heavy atom. The van der Waals surface area contributed by atoms with Gasteiger partial charge in [-0.1, -0.05) is 96.1 Å². The fourth-order valence-corrected chi connectivity index (χ4v) is 5.94. The summed E-state index contributed by atoms with van der Waals surface area (Å²) in [7, 11) is 0. The van der Waals surface area contributed by atoms with Crippen molar-refractivity contribution in [2.24, 2.45) is 5.11 Å². The van der Waals surface area contributed by atoms with Crippen LogP contribution in [0.15, 0.2) is 96.1 Å². The van der Waals surface area contributed by atoms with E-state index in [0.29, 0.717) is 11.8 Å². The summed E-state index contributed by atoms with van der Waals surface area (Å²) in [5, 5.41) is 7.71. The molecule has 29 heavy (non-hydrogen) atoms. The molecule has 5 heteroatoms. The Kier molecular flexibility index (Phi) is 6.20. The van der Waals surface area contributed by atoms with Crippen molar-refractivity contribution in [2.75, 3.05) is 13.1 Å². The molecular weight excluding hydrogens is 376 g/mol. The van der Waals surface area contributed by atoms with Gasteiger partial charge in [0.25, 0.3) is 0 Å². The topological polar surface area (TPSA) is 60.8 Å². The number of nitrogens with one attached hydrogen (secondary N) is 1. The van der Waals surface area contributed by atoms with E-state index < -0.39 is 0 Å². The van der Waals surface area contributed by atoms with Gasteiger partial charge in [-0.05, 0) is 28.6 Å². The van der Waals surface area contributed by atoms with Gasteiger partial charge in [0, 0.05) is 29.3 Å². The van der Waals surface area contributed by atoms with Crippen molar-refractivity contribution in [1.29, 1.82) is 0 Å². The highest BCUT2D eigenvalue weighted by Crippen LogP contribution is 2.51. The molecule has 1 aliphatic heterocycles. The van der Waals surface area contributed by atoms with Gasteiger partial charge in [0.15, 0.2) is 0 Å². The van der Waals surface area contributed by atoms with E-state index in [2.05, 4.69) is 106 Å². The fraction of sp³-hybridized carbons (Fsp3) is 0.250. The van der Waals surface area contributed by atoms with Gasteiger partial charge in [-0.15, -0.1) is 11.8 Å². The molecule has 3 aromatic carbocycles. The van der Waals surface area contributed by atoms with Crippen molar-refractivity contribution in [3.63, 3.8) is 0 Å². The second-order valence-corrected chi connectivity index (χ2v) is 8.79. The molecule has 3 aromatic rings. The van der Waals surface area contributed by atoms with Crippen LogP contribution < -0.4 is 5.32 Å². The van der Waals surface area contributed by atoms with Crippen LogP contribution in [-0.2, 0) is 4.75 Å². The summed E-state index contributed by atoms with van der Waals surface area (Å²) in [4.78, 5) is 2.92. The van der Waals surface area contributed by atoms with E-state index in [4.69, 9.17) is 5.53 Å². The van der Waals surface area contributed by atoms with Crippen molar-refractivity contribution in [1.82, 2.24) is 5.32 Å². The number of rotatable bonds is 7. The first kappa shape index (κ1) is 19.6. The summed E-state index contributed by atoms with van der Waals surface area (Å²) >= 11 is 2.00. The third-order valence-corrected chi connectivity index (χ3v) is 7.18. The molecule has 1 N–H and O–H groups in total. The van der Waals surface area contributed by atoms with Crippen LogP contribution in [0.3, 0.4) is 0 Å². The van der Waals surface area contributed by atoms with Crippen LogP contribution in [0.25, 0.3) is 10.4 Å². The highest BCUT2D eigenvalue weighted by molar-refractivity contribution is 8.01. The van der Waals surface area contributed by atoms with Gasteiger partial charge in [0.05, 0.1) is 4.75 Å². The molecule has 1 fully saturated rings. The molecule has 4 nitrogen and oxygen atoms in total. The minimum Gasteiger partial charge on any atom is -0.313 e. The minimum absolute atomic E-state index is 0.239. The van der Waals surface area contributed by atoms with E-state index in [1.165, 1.54) is 16.7 Å². The summed E-state index contributed by atoms with van der Waals surface area (Å²) in [5.74, 6) is 0. The summed E-state index contributed by atoms with van der Waals surface area (Å²) < 4.78 is -0.302. The molecule has 4 rings (SSSR count). The van der Waals surface area contributed by atoms with Gasteiger partial charge in [-0.25, -0.2) is 0 Å². The minimum atomic E-state index is -0.302. The zero-order valence-electron chi connectivity index (χ0n) is 16.2. The van der Waals surface area contributed by atoms with Crippen LogP contribution in [0.4, 0.5) is 0 Å². The molecule has 2 atom stereocenters. The van der Waals surface area contributed by atoms with Crippen LogP contribution in [0, 0.1) is 0 Å². The zero-order chi connectivity index (χ0) is 19.9. The highest BCUT2D eigenvalue weighted by atomic mass is 32.2. The van der Waals surface area contributed by atoms with E-state index in [1.54, 1.807) is 0 Å². The first-order valence-electron chi connectivity index (χ1n) is 9.91. The van der Waals surface area contributed by atoms with Gasteiger partial charge < -0.3 is 5.32 Å². The van der Waals surface area contributed by atoms with Gasteiger partial charge in [0.1, 0.15) is 0 Å². The largest absolute Gasteiger partial charge is 0.313 e. The number of nitrogens with zero attached hydrogens (tertiary/aromatic N) is 3. The summed E-state index contributed by atoms with van der Waals surface area (Å²) in [6.45, 7) is 1.41. The van der Waals surface area contributed by atoms with Crippen molar-refractivity contribution in [3.8, 4) is 0 Å². The third-order valence-electron chi connectivity index (χ3n) is 5.43. The monoisotopic (exact) mass is 400 g/mol. The molecule has 1 saturated heterocycles. The number of hydrogen-bond donors (Lipinski definition) is 1. The molecule has 1 heterocycles. The zero-order valence-corrected chi connectivity index (χ0v) is 17.0. The van der Waals surface area contributed by atoms with Crippen molar-refractivity contribution in [3.05, 3.63) is 118 Å². The van der Waals surface area contributed by atoms with Crippen molar-refractivity contribution >= 4 is 11.8 Å². The summed E-state index contributed by atoms with van der Waals surface area (Å²) in [5.41, 5.74) is 12.5. The molecule has 0 spiro atoms. The van der Waals surface area contributed by atoms with E-state index >= 15 is 0 Å². The van der Waals surface area contributed by atoms with Crippen molar-refractivity contribution in [2.45, 2.75) is 22.5 Å². The lowest BCUT2D eigenvalue weighted by Crippen LogP contribution is -2.29. The third kappa shape index (κ3) is 4.18. The van der Waals surface area contributed by atoms with Crippen LogP contribution in [0.2, 0.25) is 0 Å². The maximum Gasteiger partial charge on any atom is 0.0910 e. The number of azide groups is 1. The Balaban J connectivity index is 1.79. The first-order chi connectivity index (χ1) is 14.3. The van der Waals surface area contributed by atoms with Gasteiger partial charge in [-0.3, -0.25) is 0 Å². The smallest absolute Gasteiger partial charge is 0.0910 e. The Labute approximate surface area is 176 Å². The quantitative estimate of drug-likeness (QED) is 0.237. The molecule has 0 unspecified atom stereocenters. The molecule has 0 aliphatic carbocycles. The maximum absolute atomic E-state index is 8.65. The number of thioether (sulfide) groups is 1. The molecule has 0 bridgehead atoms. The molecule has 0 aromatic heterocycles. The Bertz CT molecular complexity index is 859. The summed E-state index contributed by atoms with van der Waals surface area (Å²) in [6, 6.07) is 32.5. The fourth-order valence-electron chi connectivity index (χ4n) is 4.12. The van der Waals surface area contributed by atoms with Crippen LogP contribution >= 0.6 is 11.8 Å². The lowest BCUT2D eigenvalue weighted by molar-refractivity contribution is 0.615. The Hall–Kier alpha value is -2.72. The first-order valence-corrected chi connectivity index (χ1v) is 10.8. The maximum atomic E-state index is 8.65. The molecular formula is C24H24N4S. The van der Waals surface area contributed by atoms with Gasteiger partial charge in [0.2, 0.25) is 0 Å². The predicted octanol–water partition coefficient (Wildman–Crippen LogP) is 5.75. The number of hydrogen-bond acceptors (Lipinski definition) is 3. The summed E-state index contributed by atoms with van der Waals surface area (Å²) in [6.07, 6.45) is 0.984.